The number of ether oxygens (including phenoxy) is 1. The Balaban J connectivity index is 2.43. The maximum Gasteiger partial charge on any atom is 0.167 e. The number of nitrogens with zero attached hydrogens (tertiary/aromatic N) is 1. The number of rotatable bonds is 3. The Morgan fingerprint density at radius 3 is 2.47 bits per heavy atom. The molecule has 1 aromatic carbocycles. The quantitative estimate of drug-likeness (QED) is 0.668. The minimum absolute atomic E-state index is 0.610. The minimum atomic E-state index is 0.610. The number of aromatic nitrogens is 1. The lowest BCUT2D eigenvalue weighted by molar-refractivity contribution is 0.111. The summed E-state index contributed by atoms with van der Waals surface area (Å²) in [7, 11) is 1.63. The van der Waals surface area contributed by atoms with Gasteiger partial charge in [0.15, 0.2) is 12.0 Å². The van der Waals surface area contributed by atoms with Crippen molar-refractivity contribution < 1.29 is 9.53 Å². The van der Waals surface area contributed by atoms with Crippen molar-refractivity contribution in [1.82, 2.24) is 4.40 Å². The van der Waals surface area contributed by atoms with E-state index in [4.69, 9.17) is 4.74 Å². The summed E-state index contributed by atoms with van der Waals surface area (Å²) in [6.07, 6.45) is 2.74. The van der Waals surface area contributed by atoms with Gasteiger partial charge < -0.3 is 9.14 Å². The van der Waals surface area contributed by atoms with Crippen molar-refractivity contribution >= 4 is 11.8 Å². The Labute approximate surface area is 111 Å². The van der Waals surface area contributed by atoms with Crippen LogP contribution in [-0.4, -0.2) is 17.8 Å². The molecule has 3 aromatic rings. The van der Waals surface area contributed by atoms with Crippen LogP contribution in [0.4, 0.5) is 0 Å². The molecule has 3 rings (SSSR count). The largest absolute Gasteiger partial charge is 0.494 e. The molecule has 0 unspecified atom stereocenters. The fraction of sp³-hybridized carbons (Fsp3) is 0.0625. The first-order chi connectivity index (χ1) is 9.36. The number of benzene rings is 1. The highest BCUT2D eigenvalue weighted by Gasteiger charge is 2.19. The number of hydrogen-bond donors (Lipinski definition) is 0. The monoisotopic (exact) mass is 251 g/mol. The lowest BCUT2D eigenvalue weighted by Gasteiger charge is -2.03. The van der Waals surface area contributed by atoms with Crippen molar-refractivity contribution in [3.8, 4) is 16.9 Å². The molecule has 0 fully saturated rings. The maximum absolute atomic E-state index is 11.5. The van der Waals surface area contributed by atoms with Crippen LogP contribution in [0.2, 0.25) is 0 Å². The van der Waals surface area contributed by atoms with Crippen LogP contribution in [0.15, 0.2) is 54.7 Å². The number of aldehydes is 1. The smallest absolute Gasteiger partial charge is 0.167 e. The SMILES string of the molecule is COc1c(-c2ccccc2)c(C=O)n2ccccc12. The molecule has 0 aliphatic rings. The number of carbonyl (C=O) groups is 1. The van der Waals surface area contributed by atoms with Crippen LogP contribution in [0.5, 0.6) is 5.75 Å². The Kier molecular flexibility index (Phi) is 2.80. The molecule has 0 spiro atoms. The van der Waals surface area contributed by atoms with Gasteiger partial charge in [-0.15, -0.1) is 0 Å². The fourth-order valence-corrected chi connectivity index (χ4v) is 2.41. The normalized spacial score (nSPS) is 10.6. The second-order valence-electron chi connectivity index (χ2n) is 4.23. The molecule has 3 nitrogen and oxygen atoms in total. The topological polar surface area (TPSA) is 30.7 Å². The van der Waals surface area contributed by atoms with E-state index in [9.17, 15) is 4.79 Å². The molecule has 0 saturated heterocycles. The molecule has 19 heavy (non-hydrogen) atoms. The average molecular weight is 251 g/mol. The summed E-state index contributed by atoms with van der Waals surface area (Å²) in [4.78, 5) is 11.5. The van der Waals surface area contributed by atoms with Crippen LogP contribution in [-0.2, 0) is 0 Å². The first kappa shape index (κ1) is 11.5. The number of methoxy groups -OCH3 is 1. The Morgan fingerprint density at radius 2 is 1.79 bits per heavy atom. The van der Waals surface area contributed by atoms with Gasteiger partial charge in [0.2, 0.25) is 0 Å². The summed E-state index contributed by atoms with van der Waals surface area (Å²) in [5.74, 6) is 0.730. The lowest BCUT2D eigenvalue weighted by atomic mass is 10.1. The van der Waals surface area contributed by atoms with E-state index in [0.717, 1.165) is 28.7 Å². The number of hydrogen-bond acceptors (Lipinski definition) is 2. The van der Waals surface area contributed by atoms with E-state index >= 15 is 0 Å². The number of carbonyl (C=O) groups excluding carboxylic acids is 1. The van der Waals surface area contributed by atoms with Gasteiger partial charge in [-0.05, 0) is 17.7 Å². The molecule has 0 bridgehead atoms. The van der Waals surface area contributed by atoms with Crippen LogP contribution in [0.1, 0.15) is 10.5 Å². The van der Waals surface area contributed by atoms with Gasteiger partial charge in [-0.25, -0.2) is 0 Å². The molecule has 2 aromatic heterocycles. The molecule has 0 aliphatic heterocycles. The third-order valence-corrected chi connectivity index (χ3v) is 3.21. The highest BCUT2D eigenvalue weighted by atomic mass is 16.5. The lowest BCUT2D eigenvalue weighted by Crippen LogP contribution is -1.91. The third-order valence-electron chi connectivity index (χ3n) is 3.21. The Morgan fingerprint density at radius 1 is 1.05 bits per heavy atom. The van der Waals surface area contributed by atoms with E-state index in [2.05, 4.69) is 0 Å². The van der Waals surface area contributed by atoms with Crippen molar-refractivity contribution in [3.63, 3.8) is 0 Å². The van der Waals surface area contributed by atoms with E-state index in [1.807, 2.05) is 59.1 Å². The van der Waals surface area contributed by atoms with E-state index in [-0.39, 0.29) is 0 Å². The molecule has 3 heteroatoms. The van der Waals surface area contributed by atoms with Gasteiger partial charge in [0.25, 0.3) is 0 Å². The van der Waals surface area contributed by atoms with Crippen molar-refractivity contribution in [2.24, 2.45) is 0 Å². The van der Waals surface area contributed by atoms with Gasteiger partial charge in [0.1, 0.15) is 0 Å². The molecule has 0 N–H and O–H groups in total. The van der Waals surface area contributed by atoms with E-state index in [1.165, 1.54) is 0 Å². The van der Waals surface area contributed by atoms with Gasteiger partial charge in [-0.3, -0.25) is 4.79 Å². The number of fused-ring (bicyclic) bond motifs is 1. The van der Waals surface area contributed by atoms with Crippen molar-refractivity contribution in [2.45, 2.75) is 0 Å². The Bertz CT molecular complexity index is 729. The molecule has 0 atom stereocenters. The van der Waals surface area contributed by atoms with Crippen LogP contribution in [0.3, 0.4) is 0 Å². The first-order valence-electron chi connectivity index (χ1n) is 6.04. The van der Waals surface area contributed by atoms with Crippen LogP contribution in [0.25, 0.3) is 16.6 Å². The number of pyridine rings is 1. The van der Waals surface area contributed by atoms with Crippen LogP contribution in [0, 0.1) is 0 Å². The van der Waals surface area contributed by atoms with Crippen LogP contribution < -0.4 is 4.74 Å². The van der Waals surface area contributed by atoms with Gasteiger partial charge >= 0.3 is 0 Å². The summed E-state index contributed by atoms with van der Waals surface area (Å²) in [6.45, 7) is 0. The van der Waals surface area contributed by atoms with E-state index < -0.39 is 0 Å². The summed E-state index contributed by atoms with van der Waals surface area (Å²) in [6, 6.07) is 15.6. The molecule has 0 radical (unpaired) electrons. The predicted octanol–water partition coefficient (Wildman–Crippen LogP) is 3.43. The third kappa shape index (κ3) is 1.71. The second-order valence-corrected chi connectivity index (χ2v) is 4.23. The molecular formula is C16H13NO2. The van der Waals surface area contributed by atoms with Gasteiger partial charge in [0.05, 0.1) is 23.9 Å². The molecule has 2 heterocycles. The molecule has 94 valence electrons. The fourth-order valence-electron chi connectivity index (χ4n) is 2.41. The molecular weight excluding hydrogens is 238 g/mol. The highest BCUT2D eigenvalue weighted by Crippen LogP contribution is 2.38. The maximum atomic E-state index is 11.5. The zero-order valence-electron chi connectivity index (χ0n) is 10.5. The average Bonchev–Trinajstić information content (AvgIpc) is 2.81. The highest BCUT2D eigenvalue weighted by molar-refractivity contribution is 5.95. The summed E-state index contributed by atoms with van der Waals surface area (Å²) >= 11 is 0. The molecule has 0 amide bonds. The summed E-state index contributed by atoms with van der Waals surface area (Å²) < 4.78 is 7.37. The zero-order valence-corrected chi connectivity index (χ0v) is 10.5. The minimum Gasteiger partial charge on any atom is -0.494 e. The Hall–Kier alpha value is -2.55. The van der Waals surface area contributed by atoms with Gasteiger partial charge in [-0.1, -0.05) is 36.4 Å². The summed E-state index contributed by atoms with van der Waals surface area (Å²) in [5.41, 5.74) is 3.32. The zero-order chi connectivity index (χ0) is 13.2. The van der Waals surface area contributed by atoms with Crippen LogP contribution >= 0.6 is 0 Å². The second kappa shape index (κ2) is 4.61. The standard InChI is InChI=1S/C16H13NO2/c1-19-16-13-9-5-6-10-17(13)14(11-18)15(16)12-7-3-2-4-8-12/h2-11H,1H3. The molecule has 0 aliphatic carbocycles. The predicted molar refractivity (Wildman–Crippen MR) is 74.8 cm³/mol. The van der Waals surface area contributed by atoms with Gasteiger partial charge in [0, 0.05) is 6.20 Å². The van der Waals surface area contributed by atoms with E-state index in [1.54, 1.807) is 7.11 Å². The van der Waals surface area contributed by atoms with Crippen molar-refractivity contribution in [3.05, 3.63) is 60.4 Å². The van der Waals surface area contributed by atoms with Crippen molar-refractivity contribution in [2.75, 3.05) is 7.11 Å². The first-order valence-corrected chi connectivity index (χ1v) is 6.04. The summed E-state index contributed by atoms with van der Waals surface area (Å²) in [5, 5.41) is 0. The van der Waals surface area contributed by atoms with Gasteiger partial charge in [-0.2, -0.15) is 0 Å². The van der Waals surface area contributed by atoms with E-state index in [0.29, 0.717) is 5.69 Å². The molecule has 0 saturated carbocycles. The van der Waals surface area contributed by atoms with Crippen molar-refractivity contribution in [1.29, 1.82) is 0 Å².